The van der Waals surface area contributed by atoms with Gasteiger partial charge in [0.1, 0.15) is 18.1 Å². The molecule has 0 N–H and O–H groups in total. The number of nitro benzene ring substituents is 1. The van der Waals surface area contributed by atoms with Crippen LogP contribution in [0.3, 0.4) is 0 Å². The zero-order chi connectivity index (χ0) is 13.8. The molecule has 0 saturated carbocycles. The molecule has 0 spiro atoms. The third-order valence-electron chi connectivity index (χ3n) is 2.51. The zero-order valence-corrected chi connectivity index (χ0v) is 10.8. The third kappa shape index (κ3) is 3.17. The highest BCUT2D eigenvalue weighted by molar-refractivity contribution is 6.29. The van der Waals surface area contributed by atoms with E-state index in [4.69, 9.17) is 16.3 Å². The van der Waals surface area contributed by atoms with Crippen LogP contribution in [0.5, 0.6) is 5.75 Å². The minimum absolute atomic E-state index is 0.0275. The van der Waals surface area contributed by atoms with Crippen molar-refractivity contribution in [1.82, 2.24) is 10.2 Å². The molecule has 2 aromatic rings. The summed E-state index contributed by atoms with van der Waals surface area (Å²) < 4.78 is 5.50. The first-order valence-corrected chi connectivity index (χ1v) is 5.80. The Hall–Kier alpha value is -2.21. The Morgan fingerprint density at radius 1 is 1.32 bits per heavy atom. The predicted molar refractivity (Wildman–Crippen MR) is 69.2 cm³/mol. The second-order valence-electron chi connectivity index (χ2n) is 3.79. The van der Waals surface area contributed by atoms with Gasteiger partial charge in [0, 0.05) is 6.07 Å². The molecule has 6 nitrogen and oxygen atoms in total. The normalized spacial score (nSPS) is 10.2. The van der Waals surface area contributed by atoms with Gasteiger partial charge in [-0.25, -0.2) is 0 Å². The lowest BCUT2D eigenvalue weighted by molar-refractivity contribution is -0.385. The molecule has 0 unspecified atom stereocenters. The number of hydrogen-bond donors (Lipinski definition) is 0. The quantitative estimate of drug-likeness (QED) is 0.635. The first-order valence-electron chi connectivity index (χ1n) is 5.43. The summed E-state index contributed by atoms with van der Waals surface area (Å²) in [6.07, 6.45) is 0. The van der Waals surface area contributed by atoms with Gasteiger partial charge in [-0.2, -0.15) is 5.10 Å². The van der Waals surface area contributed by atoms with Gasteiger partial charge in [-0.3, -0.25) is 10.1 Å². The first kappa shape index (κ1) is 13.2. The van der Waals surface area contributed by atoms with Gasteiger partial charge in [0.15, 0.2) is 5.15 Å². The molecule has 1 aromatic heterocycles. The van der Waals surface area contributed by atoms with Crippen molar-refractivity contribution in [1.29, 1.82) is 0 Å². The first-order chi connectivity index (χ1) is 9.08. The third-order valence-corrected chi connectivity index (χ3v) is 2.72. The van der Waals surface area contributed by atoms with E-state index in [1.54, 1.807) is 31.2 Å². The minimum atomic E-state index is -0.440. The summed E-state index contributed by atoms with van der Waals surface area (Å²) in [5, 5.41) is 18.6. The predicted octanol–water partition coefficient (Wildman–Crippen LogP) is 2.93. The number of nitro groups is 1. The molecule has 98 valence electrons. The molecule has 0 fully saturated rings. The SMILES string of the molecule is Cc1c(OCc2ccc(Cl)nn2)cccc1[N+](=O)[O-]. The zero-order valence-electron chi connectivity index (χ0n) is 10.0. The lowest BCUT2D eigenvalue weighted by Crippen LogP contribution is -2.02. The fraction of sp³-hybridized carbons (Fsp3) is 0.167. The molecule has 0 amide bonds. The van der Waals surface area contributed by atoms with Gasteiger partial charge in [0.2, 0.25) is 0 Å². The molecule has 0 saturated heterocycles. The van der Waals surface area contributed by atoms with E-state index in [1.807, 2.05) is 0 Å². The highest BCUT2D eigenvalue weighted by Crippen LogP contribution is 2.27. The molecule has 0 bridgehead atoms. The van der Waals surface area contributed by atoms with Crippen LogP contribution in [0.15, 0.2) is 30.3 Å². The molecule has 19 heavy (non-hydrogen) atoms. The average molecular weight is 280 g/mol. The van der Waals surface area contributed by atoms with Crippen LogP contribution in [0, 0.1) is 17.0 Å². The van der Waals surface area contributed by atoms with Gasteiger partial charge >= 0.3 is 0 Å². The average Bonchev–Trinajstić information content (AvgIpc) is 2.39. The topological polar surface area (TPSA) is 78.2 Å². The molecule has 0 aliphatic rings. The van der Waals surface area contributed by atoms with Crippen LogP contribution in [0.2, 0.25) is 5.15 Å². The summed E-state index contributed by atoms with van der Waals surface area (Å²) in [7, 11) is 0. The standard InChI is InChI=1S/C12H10ClN3O3/c1-8-10(16(17)18)3-2-4-11(8)19-7-9-5-6-12(13)15-14-9/h2-6H,7H2,1H3. The number of benzene rings is 1. The van der Waals surface area contributed by atoms with Gasteiger partial charge in [-0.1, -0.05) is 17.7 Å². The highest BCUT2D eigenvalue weighted by Gasteiger charge is 2.14. The number of ether oxygens (including phenoxy) is 1. The Morgan fingerprint density at radius 2 is 2.11 bits per heavy atom. The molecular weight excluding hydrogens is 270 g/mol. The number of halogens is 1. The van der Waals surface area contributed by atoms with E-state index < -0.39 is 4.92 Å². The van der Waals surface area contributed by atoms with Crippen LogP contribution in [-0.2, 0) is 6.61 Å². The fourth-order valence-electron chi connectivity index (χ4n) is 1.53. The maximum Gasteiger partial charge on any atom is 0.276 e. The molecule has 2 rings (SSSR count). The smallest absolute Gasteiger partial charge is 0.276 e. The van der Waals surface area contributed by atoms with E-state index in [9.17, 15) is 10.1 Å². The maximum atomic E-state index is 10.8. The Balaban J connectivity index is 2.13. The Morgan fingerprint density at radius 3 is 2.74 bits per heavy atom. The maximum absolute atomic E-state index is 10.8. The number of aromatic nitrogens is 2. The number of hydrogen-bond acceptors (Lipinski definition) is 5. The summed E-state index contributed by atoms with van der Waals surface area (Å²) in [6, 6.07) is 7.97. The lowest BCUT2D eigenvalue weighted by atomic mass is 10.2. The van der Waals surface area contributed by atoms with E-state index in [-0.39, 0.29) is 12.3 Å². The van der Waals surface area contributed by atoms with Crippen molar-refractivity contribution in [3.05, 3.63) is 56.9 Å². The Labute approximate surface area is 114 Å². The minimum Gasteiger partial charge on any atom is -0.487 e. The van der Waals surface area contributed by atoms with Crippen LogP contribution >= 0.6 is 11.6 Å². The van der Waals surface area contributed by atoms with E-state index >= 15 is 0 Å². The molecule has 7 heteroatoms. The molecular formula is C12H10ClN3O3. The van der Waals surface area contributed by atoms with Crippen molar-refractivity contribution in [3.8, 4) is 5.75 Å². The van der Waals surface area contributed by atoms with Gasteiger partial charge in [-0.15, -0.1) is 5.10 Å². The van der Waals surface area contributed by atoms with Crippen molar-refractivity contribution < 1.29 is 9.66 Å². The van der Waals surface area contributed by atoms with Gasteiger partial charge < -0.3 is 4.74 Å². The largest absolute Gasteiger partial charge is 0.487 e. The molecule has 0 radical (unpaired) electrons. The van der Waals surface area contributed by atoms with Crippen LogP contribution in [0.1, 0.15) is 11.3 Å². The summed E-state index contributed by atoms with van der Waals surface area (Å²) in [4.78, 5) is 10.4. The van der Waals surface area contributed by atoms with E-state index in [2.05, 4.69) is 10.2 Å². The summed E-state index contributed by atoms with van der Waals surface area (Å²) >= 11 is 5.62. The summed E-state index contributed by atoms with van der Waals surface area (Å²) in [5.41, 5.74) is 1.10. The van der Waals surface area contributed by atoms with Crippen LogP contribution in [0.25, 0.3) is 0 Å². The number of rotatable bonds is 4. The molecule has 1 heterocycles. The van der Waals surface area contributed by atoms with Crippen molar-refractivity contribution in [2.45, 2.75) is 13.5 Å². The van der Waals surface area contributed by atoms with E-state index in [0.29, 0.717) is 22.2 Å². The summed E-state index contributed by atoms with van der Waals surface area (Å²) in [5.74, 6) is 0.450. The fourth-order valence-corrected chi connectivity index (χ4v) is 1.63. The van der Waals surface area contributed by atoms with E-state index in [1.165, 1.54) is 6.07 Å². The lowest BCUT2D eigenvalue weighted by Gasteiger charge is -2.08. The molecule has 0 atom stereocenters. The second-order valence-corrected chi connectivity index (χ2v) is 4.18. The molecule has 0 aliphatic carbocycles. The van der Waals surface area contributed by atoms with Crippen LogP contribution < -0.4 is 4.74 Å². The van der Waals surface area contributed by atoms with Gasteiger partial charge in [-0.05, 0) is 25.1 Å². The van der Waals surface area contributed by atoms with Crippen molar-refractivity contribution >= 4 is 17.3 Å². The van der Waals surface area contributed by atoms with Crippen molar-refractivity contribution in [2.75, 3.05) is 0 Å². The van der Waals surface area contributed by atoms with E-state index in [0.717, 1.165) is 0 Å². The molecule has 1 aromatic carbocycles. The second kappa shape index (κ2) is 5.62. The van der Waals surface area contributed by atoms with Gasteiger partial charge in [0.25, 0.3) is 5.69 Å². The van der Waals surface area contributed by atoms with Crippen LogP contribution in [0.4, 0.5) is 5.69 Å². The monoisotopic (exact) mass is 279 g/mol. The van der Waals surface area contributed by atoms with Crippen LogP contribution in [-0.4, -0.2) is 15.1 Å². The Kier molecular flexibility index (Phi) is 3.91. The highest BCUT2D eigenvalue weighted by atomic mass is 35.5. The van der Waals surface area contributed by atoms with Gasteiger partial charge in [0.05, 0.1) is 10.5 Å². The van der Waals surface area contributed by atoms with Crippen molar-refractivity contribution in [3.63, 3.8) is 0 Å². The number of nitrogens with zero attached hydrogens (tertiary/aromatic N) is 3. The Bertz CT molecular complexity index is 602. The van der Waals surface area contributed by atoms with Crippen molar-refractivity contribution in [2.24, 2.45) is 0 Å². The molecule has 0 aliphatic heterocycles. The summed E-state index contributed by atoms with van der Waals surface area (Å²) in [6.45, 7) is 1.81.